The van der Waals surface area contributed by atoms with E-state index in [9.17, 15) is 0 Å². The molecule has 20 heavy (non-hydrogen) atoms. The highest BCUT2D eigenvalue weighted by Gasteiger charge is 2.05. The van der Waals surface area contributed by atoms with Gasteiger partial charge in [0.05, 0.1) is 0 Å². The lowest BCUT2D eigenvalue weighted by atomic mass is 10.1. The van der Waals surface area contributed by atoms with Gasteiger partial charge < -0.3 is 10.1 Å². The first-order valence-corrected chi connectivity index (χ1v) is 7.61. The van der Waals surface area contributed by atoms with Gasteiger partial charge in [-0.2, -0.15) is 0 Å². The van der Waals surface area contributed by atoms with Crippen molar-refractivity contribution in [2.45, 2.75) is 26.3 Å². The predicted molar refractivity (Wildman–Crippen MR) is 85.2 cm³/mol. The standard InChI is InChI=1S/C16H19BrN2O/c1-3-9-18-12(2)13-7-8-16(19-11-13)20-15-6-4-5-14(17)10-15/h4-8,10-12,18H,3,9H2,1-2H3. The molecule has 0 spiro atoms. The topological polar surface area (TPSA) is 34.1 Å². The van der Waals surface area contributed by atoms with Gasteiger partial charge >= 0.3 is 0 Å². The number of nitrogens with one attached hydrogen (secondary N) is 1. The highest BCUT2D eigenvalue weighted by Crippen LogP contribution is 2.23. The Labute approximate surface area is 128 Å². The summed E-state index contributed by atoms with van der Waals surface area (Å²) in [6.45, 7) is 5.31. The summed E-state index contributed by atoms with van der Waals surface area (Å²) in [5.74, 6) is 1.38. The van der Waals surface area contributed by atoms with Crippen LogP contribution in [0.5, 0.6) is 11.6 Å². The summed E-state index contributed by atoms with van der Waals surface area (Å²) in [7, 11) is 0. The number of aromatic nitrogens is 1. The molecule has 1 aromatic carbocycles. The van der Waals surface area contributed by atoms with Crippen molar-refractivity contribution >= 4 is 15.9 Å². The predicted octanol–water partition coefficient (Wildman–Crippen LogP) is 4.70. The fourth-order valence-electron chi connectivity index (χ4n) is 1.84. The molecule has 0 aliphatic heterocycles. The minimum atomic E-state index is 0.308. The second-order valence-corrected chi connectivity index (χ2v) is 5.58. The van der Waals surface area contributed by atoms with Crippen LogP contribution in [0.25, 0.3) is 0 Å². The van der Waals surface area contributed by atoms with Crippen molar-refractivity contribution < 1.29 is 4.74 Å². The van der Waals surface area contributed by atoms with Crippen molar-refractivity contribution in [1.82, 2.24) is 10.3 Å². The largest absolute Gasteiger partial charge is 0.439 e. The number of ether oxygens (including phenoxy) is 1. The first kappa shape index (κ1) is 15.0. The molecule has 0 aliphatic carbocycles. The molecule has 4 heteroatoms. The molecule has 1 aromatic heterocycles. The lowest BCUT2D eigenvalue weighted by molar-refractivity contribution is 0.461. The maximum atomic E-state index is 5.71. The minimum absolute atomic E-state index is 0.308. The van der Waals surface area contributed by atoms with Crippen LogP contribution >= 0.6 is 15.9 Å². The summed E-state index contributed by atoms with van der Waals surface area (Å²) in [5.41, 5.74) is 1.17. The normalized spacial score (nSPS) is 12.2. The lowest BCUT2D eigenvalue weighted by Crippen LogP contribution is -2.19. The zero-order valence-electron chi connectivity index (χ0n) is 11.8. The van der Waals surface area contributed by atoms with E-state index in [1.165, 1.54) is 5.56 Å². The van der Waals surface area contributed by atoms with Gasteiger partial charge in [-0.05, 0) is 43.7 Å². The smallest absolute Gasteiger partial charge is 0.219 e. The average molecular weight is 335 g/mol. The highest BCUT2D eigenvalue weighted by atomic mass is 79.9. The van der Waals surface area contributed by atoms with Crippen molar-refractivity contribution in [3.63, 3.8) is 0 Å². The second kappa shape index (κ2) is 7.41. The molecular weight excluding hydrogens is 316 g/mol. The fraction of sp³-hybridized carbons (Fsp3) is 0.312. The minimum Gasteiger partial charge on any atom is -0.439 e. The number of hydrogen-bond acceptors (Lipinski definition) is 3. The summed E-state index contributed by atoms with van der Waals surface area (Å²) in [6, 6.07) is 12.0. The average Bonchev–Trinajstić information content (AvgIpc) is 2.45. The molecule has 1 N–H and O–H groups in total. The van der Waals surface area contributed by atoms with Crippen molar-refractivity contribution in [2.75, 3.05) is 6.54 Å². The van der Waals surface area contributed by atoms with Gasteiger partial charge in [0.2, 0.25) is 5.88 Å². The number of nitrogens with zero attached hydrogens (tertiary/aromatic N) is 1. The van der Waals surface area contributed by atoms with Gasteiger partial charge in [-0.3, -0.25) is 0 Å². The zero-order chi connectivity index (χ0) is 14.4. The Morgan fingerprint density at radius 3 is 2.80 bits per heavy atom. The van der Waals surface area contributed by atoms with Crippen molar-refractivity contribution in [3.8, 4) is 11.6 Å². The molecule has 2 aromatic rings. The van der Waals surface area contributed by atoms with Gasteiger partial charge in [-0.25, -0.2) is 4.98 Å². The number of halogens is 1. The van der Waals surface area contributed by atoms with E-state index in [4.69, 9.17) is 4.74 Å². The first-order chi connectivity index (χ1) is 9.69. The Bertz CT molecular complexity index is 542. The zero-order valence-corrected chi connectivity index (χ0v) is 13.4. The summed E-state index contributed by atoms with van der Waals surface area (Å²) < 4.78 is 6.70. The molecule has 0 amide bonds. The lowest BCUT2D eigenvalue weighted by Gasteiger charge is -2.13. The van der Waals surface area contributed by atoms with Gasteiger partial charge in [0.1, 0.15) is 5.75 Å². The van der Waals surface area contributed by atoms with Gasteiger partial charge in [0.25, 0.3) is 0 Å². The summed E-state index contributed by atoms with van der Waals surface area (Å²) in [6.07, 6.45) is 2.99. The third-order valence-electron chi connectivity index (χ3n) is 2.98. The van der Waals surface area contributed by atoms with E-state index in [-0.39, 0.29) is 0 Å². The van der Waals surface area contributed by atoms with E-state index in [1.807, 2.05) is 42.6 Å². The number of rotatable bonds is 6. The van der Waals surface area contributed by atoms with Crippen molar-refractivity contribution in [1.29, 1.82) is 0 Å². The number of hydrogen-bond donors (Lipinski definition) is 1. The molecule has 0 saturated carbocycles. The van der Waals surface area contributed by atoms with Crippen LogP contribution in [-0.4, -0.2) is 11.5 Å². The number of pyridine rings is 1. The molecule has 0 aliphatic rings. The van der Waals surface area contributed by atoms with Crippen LogP contribution in [0.1, 0.15) is 31.9 Å². The molecule has 106 valence electrons. The Morgan fingerprint density at radius 1 is 1.30 bits per heavy atom. The Morgan fingerprint density at radius 2 is 2.15 bits per heavy atom. The van der Waals surface area contributed by atoms with Gasteiger partial charge in [0, 0.05) is 22.8 Å². The fourth-order valence-corrected chi connectivity index (χ4v) is 2.22. The summed E-state index contributed by atoms with van der Waals surface area (Å²) in [5, 5.41) is 3.44. The third kappa shape index (κ3) is 4.32. The molecule has 3 nitrogen and oxygen atoms in total. The van der Waals surface area contributed by atoms with Crippen LogP contribution in [0.2, 0.25) is 0 Å². The molecule has 0 bridgehead atoms. The van der Waals surface area contributed by atoms with Crippen LogP contribution in [0.4, 0.5) is 0 Å². The molecule has 0 fully saturated rings. The molecule has 1 heterocycles. The highest BCUT2D eigenvalue weighted by molar-refractivity contribution is 9.10. The van der Waals surface area contributed by atoms with E-state index < -0.39 is 0 Å². The Balaban J connectivity index is 2.01. The third-order valence-corrected chi connectivity index (χ3v) is 3.47. The Hall–Kier alpha value is -1.39. The molecular formula is C16H19BrN2O. The quantitative estimate of drug-likeness (QED) is 0.831. The second-order valence-electron chi connectivity index (χ2n) is 4.67. The van der Waals surface area contributed by atoms with Crippen molar-refractivity contribution in [2.24, 2.45) is 0 Å². The molecule has 0 saturated heterocycles. The van der Waals surface area contributed by atoms with Gasteiger partial charge in [0.15, 0.2) is 0 Å². The van der Waals surface area contributed by atoms with Gasteiger partial charge in [-0.15, -0.1) is 0 Å². The molecule has 1 unspecified atom stereocenters. The maximum Gasteiger partial charge on any atom is 0.219 e. The van der Waals surface area contributed by atoms with Crippen LogP contribution in [-0.2, 0) is 0 Å². The number of benzene rings is 1. The van der Waals surface area contributed by atoms with Crippen LogP contribution in [0.15, 0.2) is 47.1 Å². The van der Waals surface area contributed by atoms with E-state index in [1.54, 1.807) is 0 Å². The summed E-state index contributed by atoms with van der Waals surface area (Å²) >= 11 is 3.42. The van der Waals surface area contributed by atoms with E-state index in [0.717, 1.165) is 23.2 Å². The maximum absolute atomic E-state index is 5.71. The van der Waals surface area contributed by atoms with Crippen LogP contribution in [0, 0.1) is 0 Å². The Kier molecular flexibility index (Phi) is 5.56. The van der Waals surface area contributed by atoms with Crippen LogP contribution in [0.3, 0.4) is 0 Å². The molecule has 1 atom stereocenters. The van der Waals surface area contributed by atoms with E-state index in [2.05, 4.69) is 40.1 Å². The molecule has 2 rings (SSSR count). The van der Waals surface area contributed by atoms with Gasteiger partial charge in [-0.1, -0.05) is 35.0 Å². The SMILES string of the molecule is CCCNC(C)c1ccc(Oc2cccc(Br)c2)nc1. The van der Waals surface area contributed by atoms with Crippen molar-refractivity contribution in [3.05, 3.63) is 52.6 Å². The summed E-state index contributed by atoms with van der Waals surface area (Å²) in [4.78, 5) is 4.36. The molecule has 0 radical (unpaired) electrons. The first-order valence-electron chi connectivity index (χ1n) is 6.82. The monoisotopic (exact) mass is 334 g/mol. The van der Waals surface area contributed by atoms with E-state index >= 15 is 0 Å². The van der Waals surface area contributed by atoms with E-state index in [0.29, 0.717) is 11.9 Å². The van der Waals surface area contributed by atoms with Crippen LogP contribution < -0.4 is 10.1 Å².